The summed E-state index contributed by atoms with van der Waals surface area (Å²) in [6.07, 6.45) is 0. The van der Waals surface area contributed by atoms with Crippen molar-refractivity contribution in [3.05, 3.63) is 59.7 Å². The number of benzene rings is 2. The first-order valence-electron chi connectivity index (χ1n) is 7.74. The molecule has 0 heterocycles. The quantitative estimate of drug-likeness (QED) is 0.844. The predicted molar refractivity (Wildman–Crippen MR) is 95.5 cm³/mol. The lowest BCUT2D eigenvalue weighted by Crippen LogP contribution is -2.32. The maximum Gasteiger partial charge on any atom is 0.241 e. The van der Waals surface area contributed by atoms with E-state index in [9.17, 15) is 13.2 Å². The molecule has 0 saturated carbocycles. The van der Waals surface area contributed by atoms with Crippen LogP contribution >= 0.6 is 0 Å². The largest absolute Gasteiger partial charge is 0.325 e. The zero-order valence-electron chi connectivity index (χ0n) is 14.0. The van der Waals surface area contributed by atoms with Gasteiger partial charge in [-0.15, -0.1) is 0 Å². The van der Waals surface area contributed by atoms with Gasteiger partial charge < -0.3 is 5.32 Å². The maximum atomic E-state index is 12.1. The molecule has 0 aliphatic carbocycles. The molecule has 128 valence electrons. The van der Waals surface area contributed by atoms with Crippen LogP contribution in [0.3, 0.4) is 0 Å². The van der Waals surface area contributed by atoms with Crippen molar-refractivity contribution in [2.24, 2.45) is 0 Å². The van der Waals surface area contributed by atoms with Crippen molar-refractivity contribution in [3.63, 3.8) is 0 Å². The van der Waals surface area contributed by atoms with Crippen LogP contribution in [0.25, 0.3) is 0 Å². The summed E-state index contributed by atoms with van der Waals surface area (Å²) < 4.78 is 26.6. The second kappa shape index (κ2) is 7.59. The number of sulfonamides is 1. The van der Waals surface area contributed by atoms with Gasteiger partial charge >= 0.3 is 0 Å². The van der Waals surface area contributed by atoms with Crippen LogP contribution in [0.5, 0.6) is 0 Å². The smallest absolute Gasteiger partial charge is 0.241 e. The molecule has 0 unspecified atom stereocenters. The standard InChI is InChI=1S/C18H22N2O3S/c1-13(2)15-6-8-16(9-7-15)20-18(21)12-19-24(22,23)17-10-4-14(3)5-11-17/h4-11,13,19H,12H2,1-3H3,(H,20,21). The topological polar surface area (TPSA) is 75.3 Å². The molecule has 2 N–H and O–H groups in total. The Morgan fingerprint density at radius 3 is 2.12 bits per heavy atom. The summed E-state index contributed by atoms with van der Waals surface area (Å²) >= 11 is 0. The monoisotopic (exact) mass is 346 g/mol. The van der Waals surface area contributed by atoms with E-state index in [2.05, 4.69) is 23.9 Å². The maximum absolute atomic E-state index is 12.1. The van der Waals surface area contributed by atoms with Crippen molar-refractivity contribution >= 4 is 21.6 Å². The Balaban J connectivity index is 1.93. The zero-order valence-corrected chi connectivity index (χ0v) is 14.9. The Bertz CT molecular complexity index is 795. The number of hydrogen-bond acceptors (Lipinski definition) is 3. The molecule has 0 aliphatic heterocycles. The lowest BCUT2D eigenvalue weighted by molar-refractivity contribution is -0.115. The minimum Gasteiger partial charge on any atom is -0.325 e. The van der Waals surface area contributed by atoms with E-state index in [0.717, 1.165) is 5.56 Å². The highest BCUT2D eigenvalue weighted by Gasteiger charge is 2.15. The van der Waals surface area contributed by atoms with Gasteiger partial charge in [-0.1, -0.05) is 43.7 Å². The molecule has 0 fully saturated rings. The number of amides is 1. The molecule has 2 rings (SSSR count). The van der Waals surface area contributed by atoms with Gasteiger partial charge in [0.15, 0.2) is 0 Å². The van der Waals surface area contributed by atoms with E-state index >= 15 is 0 Å². The van der Waals surface area contributed by atoms with Gasteiger partial charge in [0, 0.05) is 5.69 Å². The second-order valence-electron chi connectivity index (χ2n) is 5.96. The number of nitrogens with one attached hydrogen (secondary N) is 2. The molecule has 6 heteroatoms. The van der Waals surface area contributed by atoms with Crippen molar-refractivity contribution in [1.82, 2.24) is 4.72 Å². The van der Waals surface area contributed by atoms with Crippen LogP contribution in [0.1, 0.15) is 30.9 Å². The lowest BCUT2D eigenvalue weighted by Gasteiger charge is -2.10. The number of hydrogen-bond donors (Lipinski definition) is 2. The molecule has 0 aliphatic rings. The van der Waals surface area contributed by atoms with Crippen LogP contribution in [0.4, 0.5) is 5.69 Å². The number of aryl methyl sites for hydroxylation is 1. The van der Waals surface area contributed by atoms with Crippen LogP contribution in [0.15, 0.2) is 53.4 Å². The van der Waals surface area contributed by atoms with E-state index in [4.69, 9.17) is 0 Å². The molecule has 0 spiro atoms. The number of carbonyl (C=O) groups is 1. The first-order valence-corrected chi connectivity index (χ1v) is 9.22. The van der Waals surface area contributed by atoms with E-state index in [1.54, 1.807) is 12.1 Å². The molecule has 2 aromatic rings. The van der Waals surface area contributed by atoms with Gasteiger partial charge in [0.25, 0.3) is 0 Å². The number of anilines is 1. The van der Waals surface area contributed by atoms with Crippen LogP contribution < -0.4 is 10.0 Å². The summed E-state index contributed by atoms with van der Waals surface area (Å²) in [5.74, 6) is -0.000876. The van der Waals surface area contributed by atoms with Crippen LogP contribution in [0, 0.1) is 6.92 Å². The number of carbonyl (C=O) groups excluding carboxylic acids is 1. The fourth-order valence-electron chi connectivity index (χ4n) is 2.12. The Hall–Kier alpha value is -2.18. The fourth-order valence-corrected chi connectivity index (χ4v) is 3.10. The molecule has 5 nitrogen and oxygen atoms in total. The molecular weight excluding hydrogens is 324 g/mol. The summed E-state index contributed by atoms with van der Waals surface area (Å²) in [5.41, 5.74) is 2.78. The molecule has 2 aromatic carbocycles. The van der Waals surface area contributed by atoms with E-state index < -0.39 is 15.9 Å². The van der Waals surface area contributed by atoms with E-state index in [-0.39, 0.29) is 11.4 Å². The predicted octanol–water partition coefficient (Wildman–Crippen LogP) is 3.04. The van der Waals surface area contributed by atoms with Crippen LogP contribution in [0.2, 0.25) is 0 Å². The van der Waals surface area contributed by atoms with Gasteiger partial charge in [-0.2, -0.15) is 0 Å². The van der Waals surface area contributed by atoms with Gasteiger partial charge in [-0.05, 0) is 42.7 Å². The number of rotatable bonds is 6. The minimum absolute atomic E-state index is 0.141. The summed E-state index contributed by atoms with van der Waals surface area (Å²) in [6.45, 7) is 5.74. The molecule has 0 aromatic heterocycles. The van der Waals surface area contributed by atoms with Gasteiger partial charge in [-0.25, -0.2) is 13.1 Å². The second-order valence-corrected chi connectivity index (χ2v) is 7.73. The van der Waals surface area contributed by atoms with Gasteiger partial charge in [0.05, 0.1) is 11.4 Å². The van der Waals surface area contributed by atoms with E-state index in [1.807, 2.05) is 31.2 Å². The van der Waals surface area contributed by atoms with Gasteiger partial charge in [0.2, 0.25) is 15.9 Å². The van der Waals surface area contributed by atoms with Crippen molar-refractivity contribution in [2.75, 3.05) is 11.9 Å². The van der Waals surface area contributed by atoms with E-state index in [0.29, 0.717) is 11.6 Å². The average molecular weight is 346 g/mol. The highest BCUT2D eigenvalue weighted by atomic mass is 32.2. The first-order chi connectivity index (χ1) is 11.3. The third-order valence-corrected chi connectivity index (χ3v) is 5.03. The molecule has 1 amide bonds. The van der Waals surface area contributed by atoms with Crippen molar-refractivity contribution in [1.29, 1.82) is 0 Å². The van der Waals surface area contributed by atoms with Crippen LogP contribution in [-0.4, -0.2) is 20.9 Å². The summed E-state index contributed by atoms with van der Waals surface area (Å²) in [5, 5.41) is 2.68. The molecule has 0 bridgehead atoms. The molecular formula is C18H22N2O3S. The van der Waals surface area contributed by atoms with Crippen molar-refractivity contribution in [3.8, 4) is 0 Å². The average Bonchev–Trinajstić information content (AvgIpc) is 2.54. The normalized spacial score (nSPS) is 11.5. The fraction of sp³-hybridized carbons (Fsp3) is 0.278. The molecule has 0 saturated heterocycles. The Kier molecular flexibility index (Phi) is 5.75. The van der Waals surface area contributed by atoms with Crippen molar-refractivity contribution < 1.29 is 13.2 Å². The lowest BCUT2D eigenvalue weighted by atomic mass is 10.0. The van der Waals surface area contributed by atoms with E-state index in [1.165, 1.54) is 17.7 Å². The Labute approximate surface area is 143 Å². The SMILES string of the molecule is Cc1ccc(S(=O)(=O)NCC(=O)Nc2ccc(C(C)C)cc2)cc1. The molecule has 24 heavy (non-hydrogen) atoms. The van der Waals surface area contributed by atoms with Gasteiger partial charge in [-0.3, -0.25) is 4.79 Å². The van der Waals surface area contributed by atoms with Crippen LogP contribution in [-0.2, 0) is 14.8 Å². The van der Waals surface area contributed by atoms with Crippen molar-refractivity contribution in [2.45, 2.75) is 31.6 Å². The Morgan fingerprint density at radius 1 is 1.00 bits per heavy atom. The minimum atomic E-state index is -3.69. The third kappa shape index (κ3) is 4.91. The van der Waals surface area contributed by atoms with Gasteiger partial charge in [0.1, 0.15) is 0 Å². The summed E-state index contributed by atoms with van der Waals surface area (Å²) in [4.78, 5) is 12.1. The highest BCUT2D eigenvalue weighted by Crippen LogP contribution is 2.17. The highest BCUT2D eigenvalue weighted by molar-refractivity contribution is 7.89. The summed E-state index contributed by atoms with van der Waals surface area (Å²) in [7, 11) is -3.69. The first kappa shape index (κ1) is 18.2. The Morgan fingerprint density at radius 2 is 1.58 bits per heavy atom. The summed E-state index contributed by atoms with van der Waals surface area (Å²) in [6, 6.07) is 14.0. The zero-order chi connectivity index (χ0) is 17.7. The molecule has 0 atom stereocenters. The molecule has 0 radical (unpaired) electrons. The third-order valence-electron chi connectivity index (χ3n) is 3.62.